The monoisotopic (exact) mass is 523 g/mol. The minimum absolute atomic E-state index is 0.218. The molecule has 9 nitrogen and oxygen atoms in total. The second-order valence-corrected chi connectivity index (χ2v) is 11.3. The molecule has 1 aliphatic rings. The maximum absolute atomic E-state index is 12.6. The lowest BCUT2D eigenvalue weighted by Crippen LogP contribution is -2.43. The van der Waals surface area contributed by atoms with Gasteiger partial charge in [0.15, 0.2) is 0 Å². The molecule has 1 saturated heterocycles. The first kappa shape index (κ1) is 27.0. The van der Waals surface area contributed by atoms with E-state index >= 15 is 0 Å². The Kier molecular flexibility index (Phi) is 9.09. The van der Waals surface area contributed by atoms with Crippen molar-refractivity contribution in [1.82, 2.24) is 24.5 Å². The summed E-state index contributed by atoms with van der Waals surface area (Å²) in [4.78, 5) is 14.1. The van der Waals surface area contributed by atoms with Crippen molar-refractivity contribution in [3.05, 3.63) is 65.9 Å². The summed E-state index contributed by atoms with van der Waals surface area (Å²) in [6, 6.07) is 15.1. The number of benzene rings is 2. The summed E-state index contributed by atoms with van der Waals surface area (Å²) in [5, 5.41) is 6.51. The molecule has 1 aromatic heterocycles. The Bertz CT molecular complexity index is 1270. The molecule has 0 aliphatic carbocycles. The van der Waals surface area contributed by atoms with Crippen LogP contribution in [0.1, 0.15) is 30.9 Å². The highest BCUT2D eigenvalue weighted by atomic mass is 32.2. The Morgan fingerprint density at radius 1 is 0.973 bits per heavy atom. The lowest BCUT2D eigenvalue weighted by molar-refractivity contribution is 0.148. The normalized spacial score (nSPS) is 15.0. The molecule has 1 fully saturated rings. The number of unbranched alkanes of at least 4 members (excludes halogenated alkanes) is 1. The smallest absolute Gasteiger partial charge is 0.240 e. The van der Waals surface area contributed by atoms with Crippen molar-refractivity contribution in [3.63, 3.8) is 0 Å². The Balaban J connectivity index is 1.40. The third kappa shape index (κ3) is 7.72. The fourth-order valence-corrected chi connectivity index (χ4v) is 5.18. The van der Waals surface area contributed by atoms with Gasteiger partial charge in [0.05, 0.1) is 4.90 Å². The molecule has 0 bridgehead atoms. The van der Waals surface area contributed by atoms with E-state index in [1.165, 1.54) is 5.56 Å². The molecule has 2 heterocycles. The van der Waals surface area contributed by atoms with Crippen molar-refractivity contribution in [2.75, 3.05) is 50.4 Å². The van der Waals surface area contributed by atoms with Crippen LogP contribution in [0.5, 0.6) is 0 Å². The molecule has 4 rings (SSSR count). The number of hydrogen-bond donors (Lipinski definition) is 3. The van der Waals surface area contributed by atoms with Crippen LogP contribution in [0.15, 0.2) is 59.6 Å². The number of nitrogens with zero attached hydrogens (tertiary/aromatic N) is 4. The Hall–Kier alpha value is -3.05. The van der Waals surface area contributed by atoms with Crippen LogP contribution >= 0.6 is 0 Å². The van der Waals surface area contributed by atoms with Crippen LogP contribution < -0.4 is 15.4 Å². The lowest BCUT2D eigenvalue weighted by Gasteiger charge is -2.32. The summed E-state index contributed by atoms with van der Waals surface area (Å²) >= 11 is 0. The van der Waals surface area contributed by atoms with E-state index in [1.807, 2.05) is 32.0 Å². The molecule has 0 amide bonds. The highest BCUT2D eigenvalue weighted by Gasteiger charge is 2.15. The molecule has 10 heteroatoms. The van der Waals surface area contributed by atoms with Gasteiger partial charge >= 0.3 is 0 Å². The first-order chi connectivity index (χ1) is 17.8. The summed E-state index contributed by atoms with van der Waals surface area (Å²) in [6.45, 7) is 9.71. The van der Waals surface area contributed by atoms with E-state index in [1.54, 1.807) is 24.4 Å². The van der Waals surface area contributed by atoms with E-state index in [9.17, 15) is 8.42 Å². The number of hydrogen-bond acceptors (Lipinski definition) is 8. The number of aromatic nitrogens is 2. The first-order valence-electron chi connectivity index (χ1n) is 12.8. The average Bonchev–Trinajstić information content (AvgIpc) is 2.89. The standard InChI is InChI=1S/C27H37N7O2S/c1-4-5-13-29-37(35,36)25-8-6-7-24(18-25)30-26-21(2)19-28-27(32-26)31-23-11-9-22(10-12-23)20-34-16-14-33(3)15-17-34/h6-12,18-19,29H,4-5,13-17,20H2,1-3H3,(H2,28,30,31,32). The maximum Gasteiger partial charge on any atom is 0.240 e. The zero-order chi connectivity index (χ0) is 26.3. The molecule has 0 spiro atoms. The summed E-state index contributed by atoms with van der Waals surface area (Å²) in [7, 11) is -1.40. The molecular weight excluding hydrogens is 486 g/mol. The Morgan fingerprint density at radius 3 is 2.46 bits per heavy atom. The lowest BCUT2D eigenvalue weighted by atomic mass is 10.2. The van der Waals surface area contributed by atoms with E-state index in [0.717, 1.165) is 56.8 Å². The van der Waals surface area contributed by atoms with Gasteiger partial charge in [-0.05, 0) is 56.3 Å². The molecule has 1 aliphatic heterocycles. The molecule has 198 valence electrons. The van der Waals surface area contributed by atoms with E-state index in [2.05, 4.69) is 54.3 Å². The third-order valence-corrected chi connectivity index (χ3v) is 7.87. The van der Waals surface area contributed by atoms with Crippen LogP contribution in [0.4, 0.5) is 23.1 Å². The summed E-state index contributed by atoms with van der Waals surface area (Å²) in [5.74, 6) is 1.07. The SMILES string of the molecule is CCCCNS(=O)(=O)c1cccc(Nc2nc(Nc3ccc(CN4CCN(C)CC4)cc3)ncc2C)c1. The van der Waals surface area contributed by atoms with Crippen LogP contribution in [-0.4, -0.2) is 68.0 Å². The summed E-state index contributed by atoms with van der Waals surface area (Å²) in [5.41, 5.74) is 3.67. The molecule has 0 radical (unpaired) electrons. The van der Waals surface area contributed by atoms with E-state index in [-0.39, 0.29) is 4.90 Å². The second kappa shape index (κ2) is 12.5. The highest BCUT2D eigenvalue weighted by Crippen LogP contribution is 2.23. The van der Waals surface area contributed by atoms with Gasteiger partial charge in [-0.2, -0.15) is 4.98 Å². The molecule has 3 aromatic rings. The Morgan fingerprint density at radius 2 is 1.73 bits per heavy atom. The van der Waals surface area contributed by atoms with Gasteiger partial charge < -0.3 is 15.5 Å². The number of aryl methyl sites for hydroxylation is 1. The van der Waals surface area contributed by atoms with Gasteiger partial charge in [-0.3, -0.25) is 4.90 Å². The van der Waals surface area contributed by atoms with Crippen LogP contribution in [0.3, 0.4) is 0 Å². The molecule has 37 heavy (non-hydrogen) atoms. The molecule has 3 N–H and O–H groups in total. The largest absolute Gasteiger partial charge is 0.340 e. The minimum Gasteiger partial charge on any atom is -0.340 e. The van der Waals surface area contributed by atoms with Crippen molar-refractivity contribution in [1.29, 1.82) is 0 Å². The molecular formula is C27H37N7O2S. The average molecular weight is 524 g/mol. The van der Waals surface area contributed by atoms with Crippen molar-refractivity contribution in [2.24, 2.45) is 0 Å². The van der Waals surface area contributed by atoms with Crippen LogP contribution in [0, 0.1) is 6.92 Å². The Labute approximate surface area is 220 Å². The summed E-state index contributed by atoms with van der Waals surface area (Å²) < 4.78 is 27.9. The maximum atomic E-state index is 12.6. The highest BCUT2D eigenvalue weighted by molar-refractivity contribution is 7.89. The van der Waals surface area contributed by atoms with Crippen molar-refractivity contribution in [2.45, 2.75) is 38.1 Å². The van der Waals surface area contributed by atoms with Gasteiger partial charge in [-0.1, -0.05) is 31.5 Å². The zero-order valence-corrected chi connectivity index (χ0v) is 22.7. The van der Waals surface area contributed by atoms with Crippen LogP contribution in [0.25, 0.3) is 0 Å². The number of anilines is 4. The number of likely N-dealkylation sites (N-methyl/N-ethyl adjacent to an activating group) is 1. The first-order valence-corrected chi connectivity index (χ1v) is 14.3. The zero-order valence-electron chi connectivity index (χ0n) is 21.9. The van der Waals surface area contributed by atoms with Gasteiger partial charge in [-0.25, -0.2) is 18.1 Å². The number of nitrogens with one attached hydrogen (secondary N) is 3. The molecule has 0 unspecified atom stereocenters. The second-order valence-electron chi connectivity index (χ2n) is 9.53. The number of rotatable bonds is 11. The molecule has 0 saturated carbocycles. The topological polar surface area (TPSA) is 102 Å². The fraction of sp³-hybridized carbons (Fsp3) is 0.407. The van der Waals surface area contributed by atoms with Crippen LogP contribution in [0.2, 0.25) is 0 Å². The van der Waals surface area contributed by atoms with Crippen LogP contribution in [-0.2, 0) is 16.6 Å². The van der Waals surface area contributed by atoms with Crippen molar-refractivity contribution < 1.29 is 8.42 Å². The van der Waals surface area contributed by atoms with Gasteiger partial charge in [0.25, 0.3) is 0 Å². The number of sulfonamides is 1. The van der Waals surface area contributed by atoms with E-state index in [0.29, 0.717) is 24.0 Å². The van der Waals surface area contributed by atoms with Gasteiger partial charge in [0.1, 0.15) is 5.82 Å². The quantitative estimate of drug-likeness (QED) is 0.323. The minimum atomic E-state index is -3.56. The van der Waals surface area contributed by atoms with Gasteiger partial charge in [0.2, 0.25) is 16.0 Å². The fourth-order valence-electron chi connectivity index (χ4n) is 4.06. The van der Waals surface area contributed by atoms with E-state index < -0.39 is 10.0 Å². The molecule has 2 aromatic carbocycles. The van der Waals surface area contributed by atoms with Crippen molar-refractivity contribution in [3.8, 4) is 0 Å². The molecule has 0 atom stereocenters. The predicted molar refractivity (Wildman–Crippen MR) is 149 cm³/mol. The predicted octanol–water partition coefficient (Wildman–Crippen LogP) is 4.10. The van der Waals surface area contributed by atoms with Crippen molar-refractivity contribution >= 4 is 33.2 Å². The third-order valence-electron chi connectivity index (χ3n) is 6.41. The van der Waals surface area contributed by atoms with Gasteiger partial charge in [0, 0.05) is 62.4 Å². The van der Waals surface area contributed by atoms with E-state index in [4.69, 9.17) is 0 Å². The summed E-state index contributed by atoms with van der Waals surface area (Å²) in [6.07, 6.45) is 3.46. The number of piperazine rings is 1. The van der Waals surface area contributed by atoms with Gasteiger partial charge in [-0.15, -0.1) is 0 Å².